The van der Waals surface area contributed by atoms with Crippen LogP contribution in [0.1, 0.15) is 22.8 Å². The Kier molecular flexibility index (Phi) is 4.93. The lowest BCUT2D eigenvalue weighted by atomic mass is 10.0. The van der Waals surface area contributed by atoms with Crippen LogP contribution in [0.4, 0.5) is 0 Å². The Morgan fingerprint density at radius 1 is 1.21 bits per heavy atom. The molecule has 2 N–H and O–H groups in total. The minimum absolute atomic E-state index is 0.171. The van der Waals surface area contributed by atoms with Crippen molar-refractivity contribution in [2.24, 2.45) is 5.73 Å². The number of carbonyl (C=O) groups excluding carboxylic acids is 1. The lowest BCUT2D eigenvalue weighted by Crippen LogP contribution is -2.49. The highest BCUT2D eigenvalue weighted by Crippen LogP contribution is 2.14. The SMILES string of the molecule is CCc1ccccc1C(=O)N1CCN(CCN)CC1. The van der Waals surface area contributed by atoms with Gasteiger partial charge >= 0.3 is 0 Å². The molecule has 4 heteroatoms. The number of hydrogen-bond donors (Lipinski definition) is 1. The molecule has 1 saturated heterocycles. The van der Waals surface area contributed by atoms with Gasteiger partial charge in [0.1, 0.15) is 0 Å². The normalized spacial score (nSPS) is 16.6. The van der Waals surface area contributed by atoms with Crippen molar-refractivity contribution in [1.82, 2.24) is 9.80 Å². The van der Waals surface area contributed by atoms with E-state index in [1.54, 1.807) is 0 Å². The van der Waals surface area contributed by atoms with Crippen molar-refractivity contribution < 1.29 is 4.79 Å². The number of nitrogens with zero attached hydrogens (tertiary/aromatic N) is 2. The summed E-state index contributed by atoms with van der Waals surface area (Å²) >= 11 is 0. The Labute approximate surface area is 115 Å². The zero-order valence-corrected chi connectivity index (χ0v) is 11.6. The number of benzene rings is 1. The molecule has 0 unspecified atom stereocenters. The number of aryl methyl sites for hydroxylation is 1. The molecule has 0 atom stereocenters. The average Bonchev–Trinajstić information content (AvgIpc) is 2.47. The van der Waals surface area contributed by atoms with E-state index in [1.165, 1.54) is 0 Å². The van der Waals surface area contributed by atoms with Crippen molar-refractivity contribution in [3.05, 3.63) is 35.4 Å². The summed E-state index contributed by atoms with van der Waals surface area (Å²) in [6.07, 6.45) is 0.898. The van der Waals surface area contributed by atoms with Gasteiger partial charge in [-0.05, 0) is 18.1 Å². The van der Waals surface area contributed by atoms with Gasteiger partial charge in [0.05, 0.1) is 0 Å². The van der Waals surface area contributed by atoms with E-state index in [4.69, 9.17) is 5.73 Å². The van der Waals surface area contributed by atoms with Crippen LogP contribution in [-0.2, 0) is 6.42 Å². The van der Waals surface area contributed by atoms with Crippen LogP contribution in [0.5, 0.6) is 0 Å². The monoisotopic (exact) mass is 261 g/mol. The van der Waals surface area contributed by atoms with Crippen LogP contribution in [0.25, 0.3) is 0 Å². The minimum atomic E-state index is 0.171. The first kappa shape index (κ1) is 14.0. The van der Waals surface area contributed by atoms with Crippen molar-refractivity contribution in [2.75, 3.05) is 39.3 Å². The summed E-state index contributed by atoms with van der Waals surface area (Å²) in [4.78, 5) is 16.8. The number of amides is 1. The maximum Gasteiger partial charge on any atom is 0.254 e. The van der Waals surface area contributed by atoms with Gasteiger partial charge in [-0.1, -0.05) is 25.1 Å². The van der Waals surface area contributed by atoms with Crippen molar-refractivity contribution in [1.29, 1.82) is 0 Å². The molecule has 1 aromatic rings. The summed E-state index contributed by atoms with van der Waals surface area (Å²) in [5, 5.41) is 0. The Hall–Kier alpha value is -1.39. The predicted octanol–water partition coefficient (Wildman–Crippen LogP) is 0.966. The second-order valence-corrected chi connectivity index (χ2v) is 4.93. The van der Waals surface area contributed by atoms with Crippen LogP contribution < -0.4 is 5.73 Å². The second kappa shape index (κ2) is 6.68. The highest BCUT2D eigenvalue weighted by atomic mass is 16.2. The van der Waals surface area contributed by atoms with Crippen LogP contribution in [0.3, 0.4) is 0 Å². The van der Waals surface area contributed by atoms with E-state index in [0.29, 0.717) is 6.54 Å². The van der Waals surface area contributed by atoms with E-state index in [0.717, 1.165) is 50.3 Å². The topological polar surface area (TPSA) is 49.6 Å². The maximum absolute atomic E-state index is 12.5. The molecule has 104 valence electrons. The van der Waals surface area contributed by atoms with Gasteiger partial charge in [-0.25, -0.2) is 0 Å². The number of carbonyl (C=O) groups is 1. The molecular weight excluding hydrogens is 238 g/mol. The zero-order valence-electron chi connectivity index (χ0n) is 11.6. The maximum atomic E-state index is 12.5. The Balaban J connectivity index is 2.01. The molecule has 1 fully saturated rings. The van der Waals surface area contributed by atoms with Gasteiger partial charge in [0.2, 0.25) is 0 Å². The summed E-state index contributed by atoms with van der Waals surface area (Å²) in [5.41, 5.74) is 7.56. The molecule has 0 aliphatic carbocycles. The Morgan fingerprint density at radius 3 is 2.53 bits per heavy atom. The van der Waals surface area contributed by atoms with E-state index in [1.807, 2.05) is 29.2 Å². The minimum Gasteiger partial charge on any atom is -0.336 e. The average molecular weight is 261 g/mol. The molecule has 1 aliphatic heterocycles. The molecule has 1 aromatic carbocycles. The Bertz CT molecular complexity index is 425. The van der Waals surface area contributed by atoms with Crippen LogP contribution >= 0.6 is 0 Å². The second-order valence-electron chi connectivity index (χ2n) is 4.93. The molecule has 0 bridgehead atoms. The molecule has 0 saturated carbocycles. The van der Waals surface area contributed by atoms with Gasteiger partial charge in [0.25, 0.3) is 5.91 Å². The highest BCUT2D eigenvalue weighted by molar-refractivity contribution is 5.95. The van der Waals surface area contributed by atoms with E-state index in [9.17, 15) is 4.79 Å². The molecule has 4 nitrogen and oxygen atoms in total. The van der Waals surface area contributed by atoms with Gasteiger partial charge < -0.3 is 10.6 Å². The third-order valence-electron chi connectivity index (χ3n) is 3.73. The van der Waals surface area contributed by atoms with Crippen molar-refractivity contribution in [3.63, 3.8) is 0 Å². The Morgan fingerprint density at radius 2 is 1.89 bits per heavy atom. The molecule has 1 aliphatic rings. The molecular formula is C15H23N3O. The lowest BCUT2D eigenvalue weighted by Gasteiger charge is -2.34. The number of rotatable bonds is 4. The van der Waals surface area contributed by atoms with Crippen molar-refractivity contribution in [3.8, 4) is 0 Å². The summed E-state index contributed by atoms with van der Waals surface area (Å²) in [6, 6.07) is 7.91. The number of piperazine rings is 1. The van der Waals surface area contributed by atoms with E-state index < -0.39 is 0 Å². The van der Waals surface area contributed by atoms with Gasteiger partial charge in [0, 0.05) is 44.8 Å². The van der Waals surface area contributed by atoms with Crippen molar-refractivity contribution in [2.45, 2.75) is 13.3 Å². The van der Waals surface area contributed by atoms with E-state index >= 15 is 0 Å². The van der Waals surface area contributed by atoms with Crippen LogP contribution in [0, 0.1) is 0 Å². The standard InChI is InChI=1S/C15H23N3O/c1-2-13-5-3-4-6-14(13)15(19)18-11-9-17(8-7-16)10-12-18/h3-6H,2,7-12,16H2,1H3. The molecule has 0 radical (unpaired) electrons. The lowest BCUT2D eigenvalue weighted by molar-refractivity contribution is 0.0640. The fourth-order valence-corrected chi connectivity index (χ4v) is 2.56. The largest absolute Gasteiger partial charge is 0.336 e. The summed E-state index contributed by atoms with van der Waals surface area (Å²) in [6.45, 7) is 7.16. The molecule has 1 heterocycles. The first-order valence-corrected chi connectivity index (χ1v) is 7.06. The molecule has 19 heavy (non-hydrogen) atoms. The first-order chi connectivity index (χ1) is 9.26. The first-order valence-electron chi connectivity index (χ1n) is 7.06. The number of nitrogens with two attached hydrogens (primary N) is 1. The zero-order chi connectivity index (χ0) is 13.7. The summed E-state index contributed by atoms with van der Waals surface area (Å²) in [7, 11) is 0. The van der Waals surface area contributed by atoms with Crippen LogP contribution in [0.15, 0.2) is 24.3 Å². The summed E-state index contributed by atoms with van der Waals surface area (Å²) < 4.78 is 0. The molecule has 2 rings (SSSR count). The van der Waals surface area contributed by atoms with Gasteiger partial charge in [-0.2, -0.15) is 0 Å². The fraction of sp³-hybridized carbons (Fsp3) is 0.533. The quantitative estimate of drug-likeness (QED) is 0.878. The molecule has 1 amide bonds. The fourth-order valence-electron chi connectivity index (χ4n) is 2.56. The van der Waals surface area contributed by atoms with Crippen molar-refractivity contribution >= 4 is 5.91 Å². The van der Waals surface area contributed by atoms with E-state index in [-0.39, 0.29) is 5.91 Å². The predicted molar refractivity (Wildman–Crippen MR) is 77.2 cm³/mol. The molecule has 0 spiro atoms. The van der Waals surface area contributed by atoms with Crippen LogP contribution in [-0.4, -0.2) is 55.0 Å². The highest BCUT2D eigenvalue weighted by Gasteiger charge is 2.22. The number of hydrogen-bond acceptors (Lipinski definition) is 3. The molecule has 0 aromatic heterocycles. The van der Waals surface area contributed by atoms with Gasteiger partial charge in [-0.15, -0.1) is 0 Å². The third kappa shape index (κ3) is 3.33. The third-order valence-corrected chi connectivity index (χ3v) is 3.73. The van der Waals surface area contributed by atoms with Gasteiger partial charge in [-0.3, -0.25) is 9.69 Å². The van der Waals surface area contributed by atoms with E-state index in [2.05, 4.69) is 11.8 Å². The smallest absolute Gasteiger partial charge is 0.254 e. The van der Waals surface area contributed by atoms with Crippen LogP contribution in [0.2, 0.25) is 0 Å². The van der Waals surface area contributed by atoms with Gasteiger partial charge in [0.15, 0.2) is 0 Å². The summed E-state index contributed by atoms with van der Waals surface area (Å²) in [5.74, 6) is 0.171.